The molecule has 0 aliphatic heterocycles. The highest BCUT2D eigenvalue weighted by Crippen LogP contribution is 2.18. The van der Waals surface area contributed by atoms with E-state index < -0.39 is 18.2 Å². The Hall–Kier alpha value is -1.42. The minimum Gasteiger partial charge on any atom is -0.464 e. The van der Waals surface area contributed by atoms with Gasteiger partial charge in [-0.05, 0) is 19.4 Å². The second kappa shape index (κ2) is 5.61. The number of halogens is 1. The molecule has 2 N–H and O–H groups in total. The summed E-state index contributed by atoms with van der Waals surface area (Å²) < 4.78 is 18.2. The lowest BCUT2D eigenvalue weighted by Crippen LogP contribution is -2.31. The predicted octanol–water partition coefficient (Wildman–Crippen LogP) is 1.90. The van der Waals surface area contributed by atoms with E-state index in [1.54, 1.807) is 25.1 Å². The van der Waals surface area contributed by atoms with E-state index in [1.807, 2.05) is 13.0 Å². The van der Waals surface area contributed by atoms with Gasteiger partial charge in [0.2, 0.25) is 6.17 Å². The molecule has 16 heavy (non-hydrogen) atoms. The van der Waals surface area contributed by atoms with Crippen molar-refractivity contribution in [2.24, 2.45) is 5.73 Å². The highest BCUT2D eigenvalue weighted by atomic mass is 19.1. The predicted molar refractivity (Wildman–Crippen MR) is 59.6 cm³/mol. The number of esters is 1. The highest BCUT2D eigenvalue weighted by molar-refractivity contribution is 5.75. The van der Waals surface area contributed by atoms with Crippen LogP contribution in [0.25, 0.3) is 0 Å². The molecule has 2 atom stereocenters. The Morgan fingerprint density at radius 3 is 2.81 bits per heavy atom. The zero-order chi connectivity index (χ0) is 12.1. The van der Waals surface area contributed by atoms with E-state index in [4.69, 9.17) is 5.73 Å². The number of aryl methyl sites for hydroxylation is 1. The molecule has 4 heteroatoms. The second-order valence-corrected chi connectivity index (χ2v) is 3.59. The molecule has 0 aromatic heterocycles. The van der Waals surface area contributed by atoms with E-state index in [0.29, 0.717) is 5.56 Å². The quantitative estimate of drug-likeness (QED) is 0.796. The molecule has 0 bridgehead atoms. The maximum atomic E-state index is 13.6. The van der Waals surface area contributed by atoms with Gasteiger partial charge in [0.25, 0.3) is 0 Å². The summed E-state index contributed by atoms with van der Waals surface area (Å²) in [5, 5.41) is 0. The van der Waals surface area contributed by atoms with E-state index in [2.05, 4.69) is 4.74 Å². The van der Waals surface area contributed by atoms with Crippen molar-refractivity contribution in [2.45, 2.75) is 26.1 Å². The largest absolute Gasteiger partial charge is 0.464 e. The molecule has 1 rings (SSSR count). The molecule has 0 aliphatic carbocycles. The number of nitrogens with two attached hydrogens (primary N) is 1. The summed E-state index contributed by atoms with van der Waals surface area (Å²) in [6.45, 7) is 3.66. The van der Waals surface area contributed by atoms with Crippen LogP contribution in [0.3, 0.4) is 0 Å². The molecule has 0 fully saturated rings. The molecule has 0 amide bonds. The van der Waals surface area contributed by atoms with E-state index in [1.165, 1.54) is 0 Å². The maximum absolute atomic E-state index is 13.6. The summed E-state index contributed by atoms with van der Waals surface area (Å²) in [4.78, 5) is 11.2. The monoisotopic (exact) mass is 225 g/mol. The van der Waals surface area contributed by atoms with Crippen LogP contribution in [0, 0.1) is 6.92 Å². The Bertz CT molecular complexity index is 368. The molecule has 3 nitrogen and oxygen atoms in total. The molecule has 0 spiro atoms. The molecule has 0 saturated carbocycles. The van der Waals surface area contributed by atoms with Crippen LogP contribution in [0.2, 0.25) is 0 Å². The normalized spacial score (nSPS) is 14.2. The van der Waals surface area contributed by atoms with Gasteiger partial charge in [0.1, 0.15) is 0 Å². The first-order chi connectivity index (χ1) is 7.56. The summed E-state index contributed by atoms with van der Waals surface area (Å²) >= 11 is 0. The Morgan fingerprint density at radius 2 is 2.25 bits per heavy atom. The third kappa shape index (κ3) is 3.03. The fourth-order valence-corrected chi connectivity index (χ4v) is 1.41. The number of hydrogen-bond acceptors (Lipinski definition) is 3. The summed E-state index contributed by atoms with van der Waals surface area (Å²) in [5.74, 6) is -0.906. The third-order valence-corrected chi connectivity index (χ3v) is 2.25. The molecule has 0 aliphatic rings. The van der Waals surface area contributed by atoms with Gasteiger partial charge in [0.05, 0.1) is 12.6 Å². The van der Waals surface area contributed by atoms with Gasteiger partial charge >= 0.3 is 5.97 Å². The van der Waals surface area contributed by atoms with E-state index in [9.17, 15) is 9.18 Å². The summed E-state index contributed by atoms with van der Waals surface area (Å²) in [5.41, 5.74) is 7.24. The smallest absolute Gasteiger partial charge is 0.342 e. The third-order valence-electron chi connectivity index (χ3n) is 2.25. The molecule has 0 radical (unpaired) electrons. The van der Waals surface area contributed by atoms with Gasteiger partial charge in [-0.3, -0.25) is 0 Å². The van der Waals surface area contributed by atoms with Crippen LogP contribution in [0.4, 0.5) is 4.39 Å². The lowest BCUT2D eigenvalue weighted by atomic mass is 10.0. The van der Waals surface area contributed by atoms with Gasteiger partial charge in [-0.15, -0.1) is 0 Å². The van der Waals surface area contributed by atoms with Crippen molar-refractivity contribution in [3.8, 4) is 0 Å². The first-order valence-corrected chi connectivity index (χ1v) is 5.19. The molecule has 0 heterocycles. The van der Waals surface area contributed by atoms with Crippen LogP contribution in [0.15, 0.2) is 24.3 Å². The molecule has 88 valence electrons. The Labute approximate surface area is 94.4 Å². The number of rotatable bonds is 4. The molecule has 0 saturated heterocycles. The first-order valence-electron chi connectivity index (χ1n) is 5.19. The second-order valence-electron chi connectivity index (χ2n) is 3.59. The molecule has 1 unspecified atom stereocenters. The number of carbonyl (C=O) groups excluding carboxylic acids is 1. The lowest BCUT2D eigenvalue weighted by molar-refractivity contribution is -0.149. The fourth-order valence-electron chi connectivity index (χ4n) is 1.41. The van der Waals surface area contributed by atoms with Crippen LogP contribution in [0.1, 0.15) is 24.1 Å². The van der Waals surface area contributed by atoms with Crippen LogP contribution < -0.4 is 5.73 Å². The summed E-state index contributed by atoms with van der Waals surface area (Å²) in [6, 6.07) is 6.15. The zero-order valence-corrected chi connectivity index (χ0v) is 9.44. The first kappa shape index (κ1) is 12.6. The van der Waals surface area contributed by atoms with Gasteiger partial charge in [0.15, 0.2) is 0 Å². The van der Waals surface area contributed by atoms with Crippen LogP contribution in [-0.2, 0) is 9.53 Å². The topological polar surface area (TPSA) is 52.3 Å². The number of ether oxygens (including phenoxy) is 1. The van der Waals surface area contributed by atoms with Crippen molar-refractivity contribution in [3.63, 3.8) is 0 Å². The standard InChI is InChI=1S/C12H16FNO2/c1-3-16-12(15)10(13)11(14)9-6-4-5-8(2)7-9/h4-7,10-11H,3,14H2,1-2H3/t10?,11-/m1/s1. The Kier molecular flexibility index (Phi) is 4.43. The van der Waals surface area contributed by atoms with Crippen molar-refractivity contribution in [3.05, 3.63) is 35.4 Å². The Balaban J connectivity index is 2.77. The lowest BCUT2D eigenvalue weighted by Gasteiger charge is -2.16. The van der Waals surface area contributed by atoms with Crippen molar-refractivity contribution in [2.75, 3.05) is 6.61 Å². The van der Waals surface area contributed by atoms with E-state index in [0.717, 1.165) is 5.56 Å². The minimum atomic E-state index is -1.82. The number of hydrogen-bond donors (Lipinski definition) is 1. The number of benzene rings is 1. The van der Waals surface area contributed by atoms with Crippen LogP contribution in [0.5, 0.6) is 0 Å². The van der Waals surface area contributed by atoms with Crippen LogP contribution >= 0.6 is 0 Å². The van der Waals surface area contributed by atoms with Gasteiger partial charge < -0.3 is 10.5 Å². The average Bonchev–Trinajstić information content (AvgIpc) is 2.27. The molecular formula is C12H16FNO2. The highest BCUT2D eigenvalue weighted by Gasteiger charge is 2.27. The number of carbonyl (C=O) groups is 1. The van der Waals surface area contributed by atoms with Crippen molar-refractivity contribution in [1.29, 1.82) is 0 Å². The molecule has 1 aromatic carbocycles. The van der Waals surface area contributed by atoms with Gasteiger partial charge in [0, 0.05) is 0 Å². The van der Waals surface area contributed by atoms with Gasteiger partial charge in [-0.1, -0.05) is 29.8 Å². The SMILES string of the molecule is CCOC(=O)C(F)[C@H](N)c1cccc(C)c1. The molecule has 1 aromatic rings. The molecular weight excluding hydrogens is 209 g/mol. The maximum Gasteiger partial charge on any atom is 0.342 e. The van der Waals surface area contributed by atoms with Crippen molar-refractivity contribution < 1.29 is 13.9 Å². The zero-order valence-electron chi connectivity index (χ0n) is 9.44. The van der Waals surface area contributed by atoms with Gasteiger partial charge in [-0.2, -0.15) is 0 Å². The summed E-state index contributed by atoms with van der Waals surface area (Å²) in [7, 11) is 0. The van der Waals surface area contributed by atoms with Crippen LogP contribution in [-0.4, -0.2) is 18.7 Å². The Morgan fingerprint density at radius 1 is 1.56 bits per heavy atom. The minimum absolute atomic E-state index is 0.153. The average molecular weight is 225 g/mol. The van der Waals surface area contributed by atoms with Gasteiger partial charge in [-0.25, -0.2) is 9.18 Å². The summed E-state index contributed by atoms with van der Waals surface area (Å²) in [6.07, 6.45) is -1.82. The van der Waals surface area contributed by atoms with Crippen molar-refractivity contribution in [1.82, 2.24) is 0 Å². The van der Waals surface area contributed by atoms with E-state index in [-0.39, 0.29) is 6.61 Å². The fraction of sp³-hybridized carbons (Fsp3) is 0.417. The number of alkyl halides is 1. The van der Waals surface area contributed by atoms with Crippen molar-refractivity contribution >= 4 is 5.97 Å². The van der Waals surface area contributed by atoms with E-state index >= 15 is 0 Å².